The zero-order chi connectivity index (χ0) is 22.9. The molecule has 0 radical (unpaired) electrons. The second-order valence-electron chi connectivity index (χ2n) is 7.79. The van der Waals surface area contributed by atoms with Gasteiger partial charge in [-0.15, -0.1) is 0 Å². The molecule has 1 aliphatic rings. The number of carbonyl (C=O) groups is 1. The van der Waals surface area contributed by atoms with Gasteiger partial charge in [-0.1, -0.05) is 18.2 Å². The van der Waals surface area contributed by atoms with Gasteiger partial charge < -0.3 is 14.8 Å². The molecule has 7 heteroatoms. The molecular weight excluding hydrogens is 419 g/mol. The lowest BCUT2D eigenvalue weighted by Gasteiger charge is -2.27. The lowest BCUT2D eigenvalue weighted by atomic mass is 9.92. The minimum atomic E-state index is -4.51. The van der Waals surface area contributed by atoms with E-state index in [-0.39, 0.29) is 5.56 Å². The summed E-state index contributed by atoms with van der Waals surface area (Å²) >= 11 is 0. The highest BCUT2D eigenvalue weighted by Crippen LogP contribution is 2.35. The van der Waals surface area contributed by atoms with Gasteiger partial charge in [0.05, 0.1) is 25.9 Å². The first-order valence-electron chi connectivity index (χ1n) is 10.1. The van der Waals surface area contributed by atoms with Gasteiger partial charge in [0.25, 0.3) is 5.91 Å². The van der Waals surface area contributed by atoms with Crippen LogP contribution in [0.15, 0.2) is 60.7 Å². The Morgan fingerprint density at radius 1 is 1.06 bits per heavy atom. The second kappa shape index (κ2) is 8.67. The molecule has 0 bridgehead atoms. The first kappa shape index (κ1) is 21.9. The molecule has 0 atom stereocenters. The number of benzene rings is 3. The first-order valence-corrected chi connectivity index (χ1v) is 10.1. The van der Waals surface area contributed by atoms with Crippen LogP contribution in [0.5, 0.6) is 5.75 Å². The van der Waals surface area contributed by atoms with Gasteiger partial charge in [0.1, 0.15) is 5.75 Å². The highest BCUT2D eigenvalue weighted by molar-refractivity contribution is 6.04. The van der Waals surface area contributed by atoms with Crippen LogP contribution >= 0.6 is 0 Å². The molecule has 166 valence electrons. The topological polar surface area (TPSA) is 47.6 Å². The van der Waals surface area contributed by atoms with Crippen LogP contribution in [0.2, 0.25) is 0 Å². The number of hydrogen-bond acceptors (Lipinski definition) is 3. The van der Waals surface area contributed by atoms with Gasteiger partial charge in [-0.25, -0.2) is 0 Å². The molecule has 1 amide bonds. The van der Waals surface area contributed by atoms with Gasteiger partial charge in [-0.2, -0.15) is 13.2 Å². The van der Waals surface area contributed by atoms with Gasteiger partial charge in [0.2, 0.25) is 0 Å². The predicted octanol–water partition coefficient (Wildman–Crippen LogP) is 6.06. The molecule has 0 aliphatic carbocycles. The van der Waals surface area contributed by atoms with Crippen LogP contribution in [-0.4, -0.2) is 26.2 Å². The highest BCUT2D eigenvalue weighted by atomic mass is 19.4. The SMILES string of the molecule is COc1cc(-c2cc(NC(=O)c3cccc(C(F)(F)F)c3)ccc2C)cc(C2COC2)c1. The first-order chi connectivity index (χ1) is 15.2. The van der Waals surface area contributed by atoms with Gasteiger partial charge in [-0.3, -0.25) is 4.79 Å². The highest BCUT2D eigenvalue weighted by Gasteiger charge is 2.31. The standard InChI is InChI=1S/C25H22F3NO3/c1-15-6-7-21(29-24(30)16-4-3-5-20(9-16)25(26,27)28)12-23(15)18-8-17(19-13-32-14-19)10-22(11-18)31-2/h3-12,19H,13-14H2,1-2H3,(H,29,30). The van der Waals surface area contributed by atoms with Crippen molar-refractivity contribution in [3.05, 3.63) is 82.9 Å². The molecule has 3 aromatic carbocycles. The summed E-state index contributed by atoms with van der Waals surface area (Å²) in [6.07, 6.45) is -4.51. The molecule has 0 aromatic heterocycles. The Hall–Kier alpha value is -3.32. The van der Waals surface area contributed by atoms with Gasteiger partial charge in [0.15, 0.2) is 0 Å². The van der Waals surface area contributed by atoms with E-state index in [9.17, 15) is 18.0 Å². The average Bonchev–Trinajstić information content (AvgIpc) is 2.73. The summed E-state index contributed by atoms with van der Waals surface area (Å²) in [4.78, 5) is 12.6. The largest absolute Gasteiger partial charge is 0.497 e. The smallest absolute Gasteiger partial charge is 0.416 e. The lowest BCUT2D eigenvalue weighted by Crippen LogP contribution is -2.25. The summed E-state index contributed by atoms with van der Waals surface area (Å²) in [7, 11) is 1.61. The summed E-state index contributed by atoms with van der Waals surface area (Å²) in [6, 6.07) is 15.8. The number of alkyl halides is 3. The van der Waals surface area contributed by atoms with Crippen LogP contribution in [0.25, 0.3) is 11.1 Å². The van der Waals surface area contributed by atoms with Crippen molar-refractivity contribution < 1.29 is 27.4 Å². The minimum Gasteiger partial charge on any atom is -0.497 e. The monoisotopic (exact) mass is 441 g/mol. The average molecular weight is 441 g/mol. The number of carbonyl (C=O) groups excluding carboxylic acids is 1. The maximum absolute atomic E-state index is 13.0. The molecule has 0 unspecified atom stereocenters. The normalized spacial score (nSPS) is 14.0. The van der Waals surface area contributed by atoms with Crippen LogP contribution in [-0.2, 0) is 10.9 Å². The molecule has 4 nitrogen and oxygen atoms in total. The van der Waals surface area contributed by atoms with Gasteiger partial charge in [-0.05, 0) is 71.6 Å². The number of halogens is 3. The summed E-state index contributed by atoms with van der Waals surface area (Å²) in [6.45, 7) is 3.29. The maximum Gasteiger partial charge on any atom is 0.416 e. The molecule has 0 saturated carbocycles. The summed E-state index contributed by atoms with van der Waals surface area (Å²) in [5.41, 5.74) is 3.50. The molecule has 1 saturated heterocycles. The lowest BCUT2D eigenvalue weighted by molar-refractivity contribution is -0.137. The van der Waals surface area contributed by atoms with Crippen molar-refractivity contribution in [3.63, 3.8) is 0 Å². The van der Waals surface area contributed by atoms with E-state index in [1.54, 1.807) is 13.2 Å². The second-order valence-corrected chi connectivity index (χ2v) is 7.79. The predicted molar refractivity (Wildman–Crippen MR) is 116 cm³/mol. The molecule has 32 heavy (non-hydrogen) atoms. The van der Waals surface area contributed by atoms with Crippen molar-refractivity contribution in [3.8, 4) is 16.9 Å². The fourth-order valence-electron chi connectivity index (χ4n) is 3.61. The van der Waals surface area contributed by atoms with Gasteiger partial charge >= 0.3 is 6.18 Å². The Labute approximate surface area is 184 Å². The van der Waals surface area contributed by atoms with Crippen molar-refractivity contribution in [2.24, 2.45) is 0 Å². The molecule has 1 heterocycles. The number of amides is 1. The Morgan fingerprint density at radius 3 is 2.50 bits per heavy atom. The number of aryl methyl sites for hydroxylation is 1. The zero-order valence-electron chi connectivity index (χ0n) is 17.6. The quantitative estimate of drug-likeness (QED) is 0.524. The van der Waals surface area contributed by atoms with E-state index < -0.39 is 17.6 Å². The van der Waals surface area contributed by atoms with E-state index >= 15 is 0 Å². The van der Waals surface area contributed by atoms with E-state index in [1.165, 1.54) is 12.1 Å². The van der Waals surface area contributed by atoms with Crippen molar-refractivity contribution in [2.75, 3.05) is 25.6 Å². The minimum absolute atomic E-state index is 0.0596. The Morgan fingerprint density at radius 2 is 1.84 bits per heavy atom. The molecule has 1 fully saturated rings. The zero-order valence-corrected chi connectivity index (χ0v) is 17.6. The van der Waals surface area contributed by atoms with Gasteiger partial charge in [0, 0.05) is 17.2 Å². The number of nitrogens with one attached hydrogen (secondary N) is 1. The molecule has 1 N–H and O–H groups in total. The number of rotatable bonds is 5. The fraction of sp³-hybridized carbons (Fsp3) is 0.240. The Balaban J connectivity index is 1.63. The van der Waals surface area contributed by atoms with E-state index in [1.807, 2.05) is 31.2 Å². The third-order valence-corrected chi connectivity index (χ3v) is 5.53. The number of anilines is 1. The van der Waals surface area contributed by atoms with Crippen LogP contribution in [0.1, 0.15) is 33.0 Å². The summed E-state index contributed by atoms with van der Waals surface area (Å²) < 4.78 is 49.7. The number of hydrogen-bond donors (Lipinski definition) is 1. The molecule has 3 aromatic rings. The van der Waals surface area contributed by atoms with Crippen LogP contribution in [0.4, 0.5) is 18.9 Å². The van der Waals surface area contributed by atoms with Crippen molar-refractivity contribution in [1.29, 1.82) is 0 Å². The van der Waals surface area contributed by atoms with E-state index in [4.69, 9.17) is 9.47 Å². The number of methoxy groups -OCH3 is 1. The van der Waals surface area contributed by atoms with Crippen LogP contribution in [0, 0.1) is 6.92 Å². The van der Waals surface area contributed by atoms with E-state index in [0.717, 1.165) is 40.1 Å². The van der Waals surface area contributed by atoms with E-state index in [2.05, 4.69) is 11.4 Å². The Bertz CT molecular complexity index is 1150. The fourth-order valence-corrected chi connectivity index (χ4v) is 3.61. The van der Waals surface area contributed by atoms with Crippen molar-refractivity contribution in [2.45, 2.75) is 19.0 Å². The third-order valence-electron chi connectivity index (χ3n) is 5.53. The molecular formula is C25H22F3NO3. The van der Waals surface area contributed by atoms with Crippen LogP contribution < -0.4 is 10.1 Å². The number of ether oxygens (including phenoxy) is 2. The van der Waals surface area contributed by atoms with Crippen LogP contribution in [0.3, 0.4) is 0 Å². The Kier molecular flexibility index (Phi) is 5.93. The van der Waals surface area contributed by atoms with E-state index in [0.29, 0.717) is 24.8 Å². The molecule has 0 spiro atoms. The van der Waals surface area contributed by atoms with Crippen molar-refractivity contribution in [1.82, 2.24) is 0 Å². The van der Waals surface area contributed by atoms with Crippen molar-refractivity contribution >= 4 is 11.6 Å². The third kappa shape index (κ3) is 4.62. The molecule has 4 rings (SSSR count). The molecule has 1 aliphatic heterocycles. The summed E-state index contributed by atoms with van der Waals surface area (Å²) in [5, 5.41) is 2.71. The maximum atomic E-state index is 13.0. The summed E-state index contributed by atoms with van der Waals surface area (Å²) in [5.74, 6) is 0.430.